The van der Waals surface area contributed by atoms with Crippen molar-refractivity contribution in [3.8, 4) is 5.75 Å². The molecule has 0 saturated heterocycles. The van der Waals surface area contributed by atoms with Crippen LogP contribution in [-0.2, 0) is 16.1 Å². The van der Waals surface area contributed by atoms with Gasteiger partial charge in [-0.1, -0.05) is 67.1 Å². The van der Waals surface area contributed by atoms with E-state index in [0.29, 0.717) is 6.61 Å². The van der Waals surface area contributed by atoms with Crippen LogP contribution in [0.5, 0.6) is 5.75 Å². The molecule has 1 fully saturated rings. The number of benzene rings is 4. The van der Waals surface area contributed by atoms with Gasteiger partial charge >= 0.3 is 5.97 Å². The topological polar surface area (TPSA) is 35.5 Å². The quantitative estimate of drug-likeness (QED) is 0.252. The first-order valence-corrected chi connectivity index (χ1v) is 11.5. The molecule has 0 N–H and O–H groups in total. The average Bonchev–Trinajstić information content (AvgIpc) is 2.82. The van der Waals surface area contributed by atoms with Gasteiger partial charge in [0.1, 0.15) is 18.5 Å². The summed E-state index contributed by atoms with van der Waals surface area (Å²) in [5.74, 6) is 0.929. The third-order valence-electron chi connectivity index (χ3n) is 6.59. The standard InChI is InChI=1S/C29H28O3/c1-20(30)32-29-13-7-6-12-27(29)21-14-16-24(17-15-21)31-19-28-25-10-4-2-8-22(25)18-23-9-3-5-11-26(23)28/h2-5,8-11,14-18,27,29H,6-7,12-13,19H2,1H3/t27-,29+/m0/s1. The minimum absolute atomic E-state index is 0.0185. The molecule has 0 spiro atoms. The maximum atomic E-state index is 11.5. The Hall–Kier alpha value is -3.33. The Morgan fingerprint density at radius 2 is 1.47 bits per heavy atom. The van der Waals surface area contributed by atoms with Gasteiger partial charge in [-0.2, -0.15) is 0 Å². The van der Waals surface area contributed by atoms with E-state index in [0.717, 1.165) is 25.0 Å². The third kappa shape index (κ3) is 4.20. The number of rotatable bonds is 5. The van der Waals surface area contributed by atoms with Crippen LogP contribution in [0.1, 0.15) is 49.7 Å². The Labute approximate surface area is 189 Å². The number of carbonyl (C=O) groups excluding carboxylic acids is 1. The zero-order chi connectivity index (χ0) is 21.9. The molecule has 0 bridgehead atoms. The van der Waals surface area contributed by atoms with Gasteiger partial charge < -0.3 is 9.47 Å². The fourth-order valence-electron chi connectivity index (χ4n) is 5.06. The van der Waals surface area contributed by atoms with Crippen LogP contribution < -0.4 is 4.74 Å². The van der Waals surface area contributed by atoms with Crippen molar-refractivity contribution in [2.24, 2.45) is 0 Å². The molecule has 4 aromatic rings. The van der Waals surface area contributed by atoms with E-state index in [9.17, 15) is 4.79 Å². The molecule has 0 aromatic heterocycles. The van der Waals surface area contributed by atoms with Gasteiger partial charge in [-0.05, 0) is 64.6 Å². The van der Waals surface area contributed by atoms with Gasteiger partial charge in [-0.3, -0.25) is 4.79 Å². The molecule has 1 aliphatic carbocycles. The maximum Gasteiger partial charge on any atom is 0.302 e. The van der Waals surface area contributed by atoms with Crippen molar-refractivity contribution in [2.75, 3.05) is 0 Å². The van der Waals surface area contributed by atoms with Crippen molar-refractivity contribution >= 4 is 27.5 Å². The van der Waals surface area contributed by atoms with Crippen molar-refractivity contribution in [2.45, 2.75) is 51.2 Å². The van der Waals surface area contributed by atoms with E-state index in [4.69, 9.17) is 9.47 Å². The second kappa shape index (κ2) is 9.04. The molecule has 162 valence electrons. The van der Waals surface area contributed by atoms with Gasteiger partial charge in [0.25, 0.3) is 0 Å². The number of carbonyl (C=O) groups is 1. The number of hydrogen-bond donors (Lipinski definition) is 0. The summed E-state index contributed by atoms with van der Waals surface area (Å²) in [5, 5.41) is 4.92. The molecule has 0 unspecified atom stereocenters. The van der Waals surface area contributed by atoms with Crippen LogP contribution >= 0.6 is 0 Å². The molecule has 0 radical (unpaired) electrons. The van der Waals surface area contributed by atoms with E-state index in [1.165, 1.54) is 46.0 Å². The number of esters is 1. The highest BCUT2D eigenvalue weighted by atomic mass is 16.5. The first-order valence-electron chi connectivity index (χ1n) is 11.5. The lowest BCUT2D eigenvalue weighted by Crippen LogP contribution is -2.27. The fourth-order valence-corrected chi connectivity index (χ4v) is 5.06. The maximum absolute atomic E-state index is 11.5. The molecule has 32 heavy (non-hydrogen) atoms. The third-order valence-corrected chi connectivity index (χ3v) is 6.59. The van der Waals surface area contributed by atoms with Crippen molar-refractivity contribution < 1.29 is 14.3 Å². The Balaban J connectivity index is 1.38. The highest BCUT2D eigenvalue weighted by Gasteiger charge is 2.28. The molecule has 0 heterocycles. The molecule has 5 rings (SSSR count). The summed E-state index contributed by atoms with van der Waals surface area (Å²) in [7, 11) is 0. The molecule has 0 aliphatic heterocycles. The van der Waals surface area contributed by atoms with Crippen LogP contribution in [0.25, 0.3) is 21.5 Å². The highest BCUT2D eigenvalue weighted by Crippen LogP contribution is 2.36. The normalized spacial score (nSPS) is 18.5. The van der Waals surface area contributed by atoms with Crippen LogP contribution in [0.2, 0.25) is 0 Å². The first-order chi connectivity index (χ1) is 15.7. The monoisotopic (exact) mass is 424 g/mol. The molecule has 1 saturated carbocycles. The van der Waals surface area contributed by atoms with Crippen molar-refractivity contribution in [3.63, 3.8) is 0 Å². The first kappa shape index (κ1) is 20.6. The van der Waals surface area contributed by atoms with Gasteiger partial charge in [-0.15, -0.1) is 0 Å². The van der Waals surface area contributed by atoms with E-state index in [1.807, 2.05) is 12.1 Å². The summed E-state index contributed by atoms with van der Waals surface area (Å²) in [4.78, 5) is 11.5. The largest absolute Gasteiger partial charge is 0.489 e. The smallest absolute Gasteiger partial charge is 0.302 e. The van der Waals surface area contributed by atoms with Crippen LogP contribution in [-0.4, -0.2) is 12.1 Å². The highest BCUT2D eigenvalue weighted by molar-refractivity contribution is 6.02. The molecule has 1 aliphatic rings. The lowest BCUT2D eigenvalue weighted by molar-refractivity contribution is -0.148. The van der Waals surface area contributed by atoms with E-state index >= 15 is 0 Å². The minimum Gasteiger partial charge on any atom is -0.489 e. The lowest BCUT2D eigenvalue weighted by Gasteiger charge is -2.31. The van der Waals surface area contributed by atoms with Crippen molar-refractivity contribution in [1.29, 1.82) is 0 Å². The Kier molecular flexibility index (Phi) is 5.81. The van der Waals surface area contributed by atoms with Crippen molar-refractivity contribution in [3.05, 3.63) is 90.0 Å². The summed E-state index contributed by atoms with van der Waals surface area (Å²) in [6.45, 7) is 2.01. The van der Waals surface area contributed by atoms with Crippen molar-refractivity contribution in [1.82, 2.24) is 0 Å². The predicted molar refractivity (Wildman–Crippen MR) is 129 cm³/mol. The summed E-state index contributed by atoms with van der Waals surface area (Å²) >= 11 is 0. The van der Waals surface area contributed by atoms with E-state index in [-0.39, 0.29) is 18.0 Å². The van der Waals surface area contributed by atoms with Gasteiger partial charge in [0.05, 0.1) is 0 Å². The Morgan fingerprint density at radius 1 is 0.844 bits per heavy atom. The van der Waals surface area contributed by atoms with E-state index in [1.54, 1.807) is 0 Å². The molecule has 2 atom stereocenters. The van der Waals surface area contributed by atoms with E-state index < -0.39 is 0 Å². The van der Waals surface area contributed by atoms with E-state index in [2.05, 4.69) is 66.7 Å². The van der Waals surface area contributed by atoms with Gasteiger partial charge in [0.2, 0.25) is 0 Å². The number of hydrogen-bond acceptors (Lipinski definition) is 3. The zero-order valence-corrected chi connectivity index (χ0v) is 18.4. The summed E-state index contributed by atoms with van der Waals surface area (Å²) < 4.78 is 11.9. The molecular formula is C29H28O3. The average molecular weight is 425 g/mol. The van der Waals surface area contributed by atoms with Crippen LogP contribution in [0, 0.1) is 0 Å². The Morgan fingerprint density at radius 3 is 2.12 bits per heavy atom. The van der Waals surface area contributed by atoms with Crippen LogP contribution in [0.3, 0.4) is 0 Å². The summed E-state index contributed by atoms with van der Waals surface area (Å²) in [6.07, 6.45) is 4.27. The molecule has 3 heteroatoms. The van der Waals surface area contributed by atoms with Gasteiger partial charge in [-0.25, -0.2) is 0 Å². The predicted octanol–water partition coefficient (Wildman–Crippen LogP) is 7.16. The molecule has 3 nitrogen and oxygen atoms in total. The van der Waals surface area contributed by atoms with Gasteiger partial charge in [0, 0.05) is 18.4 Å². The molecular weight excluding hydrogens is 396 g/mol. The second-order valence-electron chi connectivity index (χ2n) is 8.69. The fraction of sp³-hybridized carbons (Fsp3) is 0.276. The van der Waals surface area contributed by atoms with Gasteiger partial charge in [0.15, 0.2) is 0 Å². The molecule has 0 amide bonds. The lowest BCUT2D eigenvalue weighted by atomic mass is 9.81. The number of ether oxygens (including phenoxy) is 2. The summed E-state index contributed by atoms with van der Waals surface area (Å²) in [6, 6.07) is 27.6. The second-order valence-corrected chi connectivity index (χ2v) is 8.69. The Bertz CT molecular complexity index is 1190. The van der Waals surface area contributed by atoms with Crippen LogP contribution in [0.4, 0.5) is 0 Å². The SMILES string of the molecule is CC(=O)O[C@@H]1CCCC[C@H]1c1ccc(OCc2c3ccccc3cc3ccccc23)cc1. The zero-order valence-electron chi connectivity index (χ0n) is 18.4. The minimum atomic E-state index is -0.191. The van der Waals surface area contributed by atoms with Crippen LogP contribution in [0.15, 0.2) is 78.9 Å². The number of fused-ring (bicyclic) bond motifs is 2. The summed E-state index contributed by atoms with van der Waals surface area (Å²) in [5.41, 5.74) is 2.43. The molecule has 4 aromatic carbocycles.